The Balaban J connectivity index is 1.78. The third-order valence-electron chi connectivity index (χ3n) is 4.27. The molecule has 2 aromatic heterocycles. The van der Waals surface area contributed by atoms with Gasteiger partial charge in [0.15, 0.2) is 19.0 Å². The van der Waals surface area contributed by atoms with E-state index in [0.29, 0.717) is 21.7 Å². The van der Waals surface area contributed by atoms with Crippen LogP contribution in [0.15, 0.2) is 48.8 Å². The zero-order chi connectivity index (χ0) is 20.4. The summed E-state index contributed by atoms with van der Waals surface area (Å²) in [5.74, 6) is -1.61. The Morgan fingerprint density at radius 1 is 1.18 bits per heavy atom. The summed E-state index contributed by atoms with van der Waals surface area (Å²) >= 11 is 5.86. The molecule has 8 heteroatoms. The largest absolute Gasteiger partial charge is 0.619 e. The lowest BCUT2D eigenvalue weighted by atomic mass is 10.1. The van der Waals surface area contributed by atoms with Crippen LogP contribution in [-0.4, -0.2) is 22.9 Å². The zero-order valence-electron chi connectivity index (χ0n) is 15.1. The fraction of sp³-hybridized carbons (Fsp3) is 0.150. The van der Waals surface area contributed by atoms with Crippen molar-refractivity contribution in [2.45, 2.75) is 13.8 Å². The van der Waals surface area contributed by atoms with Crippen LogP contribution in [0.2, 0.25) is 5.02 Å². The van der Waals surface area contributed by atoms with E-state index in [1.807, 2.05) is 0 Å². The highest BCUT2D eigenvalue weighted by Gasteiger charge is 2.19. The number of ketones is 1. The molecule has 0 bridgehead atoms. The van der Waals surface area contributed by atoms with E-state index >= 15 is 0 Å². The SMILES string of the molecule is Cc1cc(C(=O)COC(=O)c2cc[n+]([O-])cc2)c(C)n1-c1ccc(F)c(Cl)c1. The summed E-state index contributed by atoms with van der Waals surface area (Å²) in [6, 6.07) is 8.58. The van der Waals surface area contributed by atoms with Gasteiger partial charge in [0.05, 0.1) is 10.6 Å². The number of carbonyl (C=O) groups excluding carboxylic acids is 2. The summed E-state index contributed by atoms with van der Waals surface area (Å²) in [5.41, 5.74) is 2.54. The van der Waals surface area contributed by atoms with Crippen LogP contribution in [0.25, 0.3) is 5.69 Å². The number of Topliss-reactive ketones (excluding diaryl/α,β-unsaturated/α-hetero) is 1. The van der Waals surface area contributed by atoms with Gasteiger partial charge in [-0.05, 0) is 38.1 Å². The third kappa shape index (κ3) is 3.89. The van der Waals surface area contributed by atoms with E-state index in [0.717, 1.165) is 5.69 Å². The van der Waals surface area contributed by atoms with Gasteiger partial charge in [-0.25, -0.2) is 9.18 Å². The van der Waals surface area contributed by atoms with Gasteiger partial charge >= 0.3 is 5.97 Å². The number of aromatic nitrogens is 2. The molecular formula is C20H16ClFN2O4. The van der Waals surface area contributed by atoms with Crippen molar-refractivity contribution >= 4 is 23.4 Å². The molecule has 0 unspecified atom stereocenters. The van der Waals surface area contributed by atoms with Crippen molar-refractivity contribution in [1.29, 1.82) is 0 Å². The average molecular weight is 403 g/mol. The second-order valence-electron chi connectivity index (χ2n) is 6.16. The minimum absolute atomic E-state index is 0.0194. The monoisotopic (exact) mass is 402 g/mol. The number of esters is 1. The molecule has 0 aliphatic rings. The number of hydrogen-bond acceptors (Lipinski definition) is 4. The maximum atomic E-state index is 13.4. The molecule has 3 aromatic rings. The number of aryl methyl sites for hydroxylation is 1. The van der Waals surface area contributed by atoms with E-state index in [1.165, 1.54) is 36.7 Å². The standard InChI is InChI=1S/C20H16ClFN2O4/c1-12-9-16(13(2)24(12)15-3-4-18(22)17(21)10-15)19(25)11-28-20(26)14-5-7-23(27)8-6-14/h3-10H,11H2,1-2H3. The van der Waals surface area contributed by atoms with Crippen LogP contribution in [0, 0.1) is 24.9 Å². The summed E-state index contributed by atoms with van der Waals surface area (Å²) in [6.45, 7) is 3.10. The van der Waals surface area contributed by atoms with Gasteiger partial charge in [0.2, 0.25) is 5.78 Å². The van der Waals surface area contributed by atoms with Gasteiger partial charge in [-0.1, -0.05) is 11.6 Å². The predicted octanol–water partition coefficient (Wildman–Crippen LogP) is 3.56. The topological polar surface area (TPSA) is 75.2 Å². The quantitative estimate of drug-likeness (QED) is 0.283. The smallest absolute Gasteiger partial charge is 0.339 e. The minimum atomic E-state index is -0.701. The van der Waals surface area contributed by atoms with Crippen LogP contribution < -0.4 is 4.73 Å². The molecule has 0 radical (unpaired) electrons. The molecule has 6 nitrogen and oxygen atoms in total. The van der Waals surface area contributed by atoms with E-state index in [4.69, 9.17) is 16.3 Å². The van der Waals surface area contributed by atoms with E-state index in [-0.39, 0.29) is 16.4 Å². The van der Waals surface area contributed by atoms with Crippen LogP contribution in [0.1, 0.15) is 32.1 Å². The Hall–Kier alpha value is -3.19. The van der Waals surface area contributed by atoms with Gasteiger partial charge in [0, 0.05) is 34.8 Å². The summed E-state index contributed by atoms with van der Waals surface area (Å²) in [6.07, 6.45) is 2.33. The lowest BCUT2D eigenvalue weighted by Gasteiger charge is -2.10. The van der Waals surface area contributed by atoms with Crippen molar-refractivity contribution in [2.24, 2.45) is 0 Å². The van der Waals surface area contributed by atoms with Crippen LogP contribution >= 0.6 is 11.6 Å². The Labute approximate surface area is 165 Å². The molecule has 1 aromatic carbocycles. The first-order chi connectivity index (χ1) is 13.3. The van der Waals surface area contributed by atoms with Crippen LogP contribution in [-0.2, 0) is 4.74 Å². The fourth-order valence-corrected chi connectivity index (χ4v) is 3.08. The Morgan fingerprint density at radius 2 is 1.86 bits per heavy atom. The minimum Gasteiger partial charge on any atom is -0.619 e. The molecule has 0 amide bonds. The Bertz CT molecular complexity index is 1060. The summed E-state index contributed by atoms with van der Waals surface area (Å²) < 4.78 is 20.8. The number of benzene rings is 1. The van der Waals surface area contributed by atoms with E-state index in [9.17, 15) is 19.2 Å². The summed E-state index contributed by atoms with van der Waals surface area (Å²) in [5, 5.41) is 11.0. The van der Waals surface area contributed by atoms with Gasteiger partial charge < -0.3 is 14.5 Å². The molecule has 0 atom stereocenters. The molecule has 0 saturated carbocycles. The van der Waals surface area contributed by atoms with Crippen molar-refractivity contribution in [1.82, 2.24) is 4.57 Å². The highest BCUT2D eigenvalue weighted by molar-refractivity contribution is 6.30. The molecule has 28 heavy (non-hydrogen) atoms. The van der Waals surface area contributed by atoms with Crippen molar-refractivity contribution in [3.05, 3.63) is 87.4 Å². The highest BCUT2D eigenvalue weighted by atomic mass is 35.5. The highest BCUT2D eigenvalue weighted by Crippen LogP contribution is 2.25. The number of pyridine rings is 1. The Kier molecular flexibility index (Phi) is 5.46. The molecule has 0 spiro atoms. The first kappa shape index (κ1) is 19.6. The van der Waals surface area contributed by atoms with Gasteiger partial charge in [-0.15, -0.1) is 0 Å². The molecule has 3 rings (SSSR count). The fourth-order valence-electron chi connectivity index (χ4n) is 2.91. The Morgan fingerprint density at radius 3 is 2.50 bits per heavy atom. The predicted molar refractivity (Wildman–Crippen MR) is 100 cm³/mol. The maximum Gasteiger partial charge on any atom is 0.339 e. The number of rotatable bonds is 5. The van der Waals surface area contributed by atoms with E-state index < -0.39 is 18.4 Å². The van der Waals surface area contributed by atoms with Gasteiger partial charge in [-0.3, -0.25) is 4.79 Å². The lowest BCUT2D eigenvalue weighted by Crippen LogP contribution is -2.24. The summed E-state index contributed by atoms with van der Waals surface area (Å²) in [4.78, 5) is 24.5. The average Bonchev–Trinajstić information content (AvgIpc) is 2.97. The van der Waals surface area contributed by atoms with Crippen LogP contribution in [0.5, 0.6) is 0 Å². The molecule has 0 aliphatic carbocycles. The second-order valence-corrected chi connectivity index (χ2v) is 6.57. The number of hydrogen-bond donors (Lipinski definition) is 0. The number of halogens is 2. The normalized spacial score (nSPS) is 10.7. The number of carbonyl (C=O) groups is 2. The molecule has 0 fully saturated rings. The third-order valence-corrected chi connectivity index (χ3v) is 4.55. The van der Waals surface area contributed by atoms with Crippen molar-refractivity contribution in [3.8, 4) is 5.69 Å². The van der Waals surface area contributed by atoms with Crippen molar-refractivity contribution in [3.63, 3.8) is 0 Å². The zero-order valence-corrected chi connectivity index (χ0v) is 15.9. The van der Waals surface area contributed by atoms with Gasteiger partial charge in [0.25, 0.3) is 0 Å². The summed E-state index contributed by atoms with van der Waals surface area (Å²) in [7, 11) is 0. The number of nitrogens with zero attached hydrogens (tertiary/aromatic N) is 2. The molecule has 2 heterocycles. The first-order valence-electron chi connectivity index (χ1n) is 8.31. The van der Waals surface area contributed by atoms with Crippen LogP contribution in [0.3, 0.4) is 0 Å². The van der Waals surface area contributed by atoms with E-state index in [2.05, 4.69) is 0 Å². The molecular weight excluding hydrogens is 387 g/mol. The first-order valence-corrected chi connectivity index (χ1v) is 8.69. The molecule has 0 aliphatic heterocycles. The van der Waals surface area contributed by atoms with E-state index in [1.54, 1.807) is 30.5 Å². The number of ether oxygens (including phenoxy) is 1. The van der Waals surface area contributed by atoms with Crippen LogP contribution in [0.4, 0.5) is 4.39 Å². The van der Waals surface area contributed by atoms with Crippen molar-refractivity contribution in [2.75, 3.05) is 6.61 Å². The lowest BCUT2D eigenvalue weighted by molar-refractivity contribution is -0.605. The van der Waals surface area contributed by atoms with Crippen molar-refractivity contribution < 1.29 is 23.4 Å². The maximum absolute atomic E-state index is 13.4. The van der Waals surface area contributed by atoms with Gasteiger partial charge in [0.1, 0.15) is 5.82 Å². The molecule has 144 valence electrons. The molecule has 0 N–H and O–H groups in total. The second kappa shape index (κ2) is 7.82. The van der Waals surface area contributed by atoms with Gasteiger partial charge in [-0.2, -0.15) is 4.73 Å². The molecule has 0 saturated heterocycles.